The second-order valence-electron chi connectivity index (χ2n) is 6.81. The molecule has 0 saturated carbocycles. The third-order valence-corrected chi connectivity index (χ3v) is 4.46. The molecule has 0 bridgehead atoms. The van der Waals surface area contributed by atoms with E-state index in [2.05, 4.69) is 30.2 Å². The van der Waals surface area contributed by atoms with Crippen molar-refractivity contribution in [3.63, 3.8) is 0 Å². The molecule has 1 amide bonds. The summed E-state index contributed by atoms with van der Waals surface area (Å²) < 4.78 is 0. The van der Waals surface area contributed by atoms with Crippen LogP contribution in [0.3, 0.4) is 0 Å². The first kappa shape index (κ1) is 18.2. The Balaban J connectivity index is 1.85. The standard InChI is InChI=1S/C18H25N7O/c1-12-10-13(2)22-18(21-12)23-17-16(19-7-8-20-17)14-6-5-9-25(14)11-15(26)24(3)4/h7-8,10,14H,5-6,9,11H2,1-4H3,(H,20,21,22,23). The lowest BCUT2D eigenvalue weighted by atomic mass is 10.1. The molecule has 26 heavy (non-hydrogen) atoms. The van der Waals surface area contributed by atoms with Gasteiger partial charge in [0.2, 0.25) is 11.9 Å². The fourth-order valence-electron chi connectivity index (χ4n) is 3.22. The van der Waals surface area contributed by atoms with Crippen LogP contribution in [0.1, 0.15) is 36.0 Å². The number of likely N-dealkylation sites (N-methyl/N-ethyl adjacent to an activating group) is 1. The van der Waals surface area contributed by atoms with Crippen molar-refractivity contribution in [3.05, 3.63) is 35.5 Å². The van der Waals surface area contributed by atoms with E-state index in [4.69, 9.17) is 0 Å². The zero-order chi connectivity index (χ0) is 18.7. The number of hydrogen-bond acceptors (Lipinski definition) is 7. The number of carbonyl (C=O) groups excluding carboxylic acids is 1. The van der Waals surface area contributed by atoms with Crippen LogP contribution in [0, 0.1) is 13.8 Å². The van der Waals surface area contributed by atoms with Gasteiger partial charge >= 0.3 is 0 Å². The lowest BCUT2D eigenvalue weighted by Crippen LogP contribution is -2.36. The van der Waals surface area contributed by atoms with Crippen molar-refractivity contribution in [2.75, 3.05) is 32.5 Å². The average molecular weight is 355 g/mol. The summed E-state index contributed by atoms with van der Waals surface area (Å²) >= 11 is 0. The lowest BCUT2D eigenvalue weighted by molar-refractivity contribution is -0.130. The van der Waals surface area contributed by atoms with Gasteiger partial charge in [0.05, 0.1) is 12.6 Å². The Labute approximate surface area is 153 Å². The Morgan fingerprint density at radius 1 is 1.23 bits per heavy atom. The van der Waals surface area contributed by atoms with E-state index in [0.29, 0.717) is 18.3 Å². The van der Waals surface area contributed by atoms with Gasteiger partial charge in [-0.3, -0.25) is 14.7 Å². The Hall–Kier alpha value is -2.61. The van der Waals surface area contributed by atoms with E-state index in [-0.39, 0.29) is 11.9 Å². The topological polar surface area (TPSA) is 87.1 Å². The number of carbonyl (C=O) groups is 1. The molecule has 1 unspecified atom stereocenters. The van der Waals surface area contributed by atoms with Crippen LogP contribution < -0.4 is 5.32 Å². The molecule has 1 N–H and O–H groups in total. The summed E-state index contributed by atoms with van der Waals surface area (Å²) in [5, 5.41) is 3.21. The number of nitrogens with zero attached hydrogens (tertiary/aromatic N) is 6. The maximum atomic E-state index is 12.1. The summed E-state index contributed by atoms with van der Waals surface area (Å²) in [5.74, 6) is 1.25. The highest BCUT2D eigenvalue weighted by Crippen LogP contribution is 2.34. The van der Waals surface area contributed by atoms with Gasteiger partial charge in [0.1, 0.15) is 5.69 Å². The van der Waals surface area contributed by atoms with E-state index in [9.17, 15) is 4.79 Å². The second-order valence-corrected chi connectivity index (χ2v) is 6.81. The summed E-state index contributed by atoms with van der Waals surface area (Å²) in [7, 11) is 3.56. The largest absolute Gasteiger partial charge is 0.348 e. The van der Waals surface area contributed by atoms with Gasteiger partial charge in [-0.15, -0.1) is 0 Å². The molecule has 3 rings (SSSR count). The lowest BCUT2D eigenvalue weighted by Gasteiger charge is -2.25. The van der Waals surface area contributed by atoms with E-state index in [0.717, 1.165) is 36.5 Å². The van der Waals surface area contributed by atoms with E-state index in [1.165, 1.54) is 0 Å². The predicted octanol–water partition coefficient (Wildman–Crippen LogP) is 1.85. The van der Waals surface area contributed by atoms with Crippen molar-refractivity contribution in [2.45, 2.75) is 32.7 Å². The van der Waals surface area contributed by atoms with Gasteiger partial charge < -0.3 is 10.2 Å². The molecule has 0 aromatic carbocycles. The summed E-state index contributed by atoms with van der Waals surface area (Å²) in [6.45, 7) is 5.13. The molecule has 1 aliphatic rings. The summed E-state index contributed by atoms with van der Waals surface area (Å²) in [6, 6.07) is 1.98. The first-order valence-electron chi connectivity index (χ1n) is 8.78. The maximum absolute atomic E-state index is 12.1. The molecule has 2 aromatic rings. The molecular weight excluding hydrogens is 330 g/mol. The van der Waals surface area contributed by atoms with Crippen LogP contribution in [0.25, 0.3) is 0 Å². The first-order chi connectivity index (χ1) is 12.4. The number of rotatable bonds is 5. The van der Waals surface area contributed by atoms with Crippen molar-refractivity contribution in [1.82, 2.24) is 29.7 Å². The summed E-state index contributed by atoms with van der Waals surface area (Å²) in [4.78, 5) is 33.8. The van der Waals surface area contributed by atoms with Crippen molar-refractivity contribution < 1.29 is 4.79 Å². The number of nitrogens with one attached hydrogen (secondary N) is 1. The molecule has 2 aromatic heterocycles. The van der Waals surface area contributed by atoms with Crippen LogP contribution in [0.5, 0.6) is 0 Å². The van der Waals surface area contributed by atoms with Crippen molar-refractivity contribution in [3.8, 4) is 0 Å². The maximum Gasteiger partial charge on any atom is 0.236 e. The zero-order valence-corrected chi connectivity index (χ0v) is 15.7. The molecular formula is C18H25N7O. The van der Waals surface area contributed by atoms with Gasteiger partial charge in [0, 0.05) is 37.9 Å². The Morgan fingerprint density at radius 2 is 1.92 bits per heavy atom. The minimum absolute atomic E-state index is 0.0565. The predicted molar refractivity (Wildman–Crippen MR) is 99.1 cm³/mol. The highest BCUT2D eigenvalue weighted by Gasteiger charge is 2.31. The van der Waals surface area contributed by atoms with Crippen molar-refractivity contribution >= 4 is 17.7 Å². The molecule has 0 radical (unpaired) electrons. The Morgan fingerprint density at radius 3 is 2.62 bits per heavy atom. The molecule has 1 aliphatic heterocycles. The molecule has 1 atom stereocenters. The number of aryl methyl sites for hydroxylation is 2. The summed E-state index contributed by atoms with van der Waals surface area (Å²) in [6.07, 6.45) is 5.31. The van der Waals surface area contributed by atoms with E-state index < -0.39 is 0 Å². The third-order valence-electron chi connectivity index (χ3n) is 4.46. The Kier molecular flexibility index (Phi) is 5.41. The average Bonchev–Trinajstić information content (AvgIpc) is 3.02. The van der Waals surface area contributed by atoms with Crippen LogP contribution in [-0.2, 0) is 4.79 Å². The van der Waals surface area contributed by atoms with Gasteiger partial charge in [-0.2, -0.15) is 0 Å². The molecule has 1 fully saturated rings. The van der Waals surface area contributed by atoms with Gasteiger partial charge in [-0.1, -0.05) is 0 Å². The minimum Gasteiger partial charge on any atom is -0.348 e. The molecule has 3 heterocycles. The van der Waals surface area contributed by atoms with Crippen LogP contribution in [-0.4, -0.2) is 62.8 Å². The van der Waals surface area contributed by atoms with Crippen LogP contribution in [0.4, 0.5) is 11.8 Å². The van der Waals surface area contributed by atoms with Gasteiger partial charge in [0.15, 0.2) is 5.82 Å². The highest BCUT2D eigenvalue weighted by atomic mass is 16.2. The number of amides is 1. The van der Waals surface area contributed by atoms with Crippen LogP contribution in [0.15, 0.2) is 18.5 Å². The van der Waals surface area contributed by atoms with Gasteiger partial charge in [-0.25, -0.2) is 15.0 Å². The molecule has 1 saturated heterocycles. The third kappa shape index (κ3) is 4.13. The van der Waals surface area contributed by atoms with Crippen molar-refractivity contribution in [1.29, 1.82) is 0 Å². The molecule has 0 spiro atoms. The van der Waals surface area contributed by atoms with Crippen LogP contribution >= 0.6 is 0 Å². The summed E-state index contributed by atoms with van der Waals surface area (Å²) in [5.41, 5.74) is 2.62. The molecule has 138 valence electrons. The fourth-order valence-corrected chi connectivity index (χ4v) is 3.22. The SMILES string of the molecule is Cc1cc(C)nc(Nc2nccnc2C2CCCN2CC(=O)N(C)C)n1. The monoisotopic (exact) mass is 355 g/mol. The smallest absolute Gasteiger partial charge is 0.236 e. The fraction of sp³-hybridized carbons (Fsp3) is 0.500. The number of hydrogen-bond donors (Lipinski definition) is 1. The van der Waals surface area contributed by atoms with Gasteiger partial charge in [-0.05, 0) is 39.3 Å². The number of anilines is 2. The Bertz CT molecular complexity index is 773. The van der Waals surface area contributed by atoms with E-state index in [1.54, 1.807) is 31.4 Å². The molecule has 0 aliphatic carbocycles. The van der Waals surface area contributed by atoms with Crippen LogP contribution in [0.2, 0.25) is 0 Å². The van der Waals surface area contributed by atoms with E-state index >= 15 is 0 Å². The number of aromatic nitrogens is 4. The quantitative estimate of drug-likeness (QED) is 0.876. The minimum atomic E-state index is 0.0565. The van der Waals surface area contributed by atoms with Gasteiger partial charge in [0.25, 0.3) is 0 Å². The normalized spacial score (nSPS) is 17.3. The first-order valence-corrected chi connectivity index (χ1v) is 8.78. The van der Waals surface area contributed by atoms with E-state index in [1.807, 2.05) is 19.9 Å². The zero-order valence-electron chi connectivity index (χ0n) is 15.7. The highest BCUT2D eigenvalue weighted by molar-refractivity contribution is 5.77. The molecule has 8 nitrogen and oxygen atoms in total. The second kappa shape index (κ2) is 7.74. The van der Waals surface area contributed by atoms with Crippen molar-refractivity contribution in [2.24, 2.45) is 0 Å². The molecule has 8 heteroatoms. The number of likely N-dealkylation sites (tertiary alicyclic amines) is 1.